The Kier molecular flexibility index (Phi) is 10.6. The summed E-state index contributed by atoms with van der Waals surface area (Å²) in [5.41, 5.74) is 17.1. The van der Waals surface area contributed by atoms with Crippen molar-refractivity contribution in [3.05, 3.63) is 307 Å². The number of fused-ring (bicyclic) bond motifs is 12. The number of anilines is 3. The second kappa shape index (κ2) is 18.2. The summed E-state index contributed by atoms with van der Waals surface area (Å²) >= 11 is 1.90. The summed E-state index contributed by atoms with van der Waals surface area (Å²) in [4.78, 5) is 2.51. The lowest BCUT2D eigenvalue weighted by molar-refractivity contribution is 0.661. The second-order valence-corrected chi connectivity index (χ2v) is 23.5. The minimum atomic E-state index is -0.256. The number of rotatable bonds is 8. The van der Waals surface area contributed by atoms with E-state index in [2.05, 4.69) is 298 Å². The number of nitrogens with zero attached hydrogens (tertiary/aromatic N) is 1. The van der Waals surface area contributed by atoms with Crippen LogP contribution < -0.4 is 4.90 Å². The van der Waals surface area contributed by atoms with Crippen LogP contribution in [0.5, 0.6) is 0 Å². The van der Waals surface area contributed by atoms with Crippen LogP contribution in [0.25, 0.3) is 107 Å². The van der Waals surface area contributed by atoms with Crippen LogP contribution in [-0.2, 0) is 5.41 Å². The first-order valence-electron chi connectivity index (χ1n) is 27.9. The lowest BCUT2D eigenvalue weighted by atomic mass is 9.79. The number of hydrogen-bond donors (Lipinski definition) is 0. The molecule has 0 aliphatic heterocycles. The molecule has 0 saturated heterocycles. The molecule has 376 valence electrons. The van der Waals surface area contributed by atoms with Gasteiger partial charge in [-0.05, 0) is 164 Å². The lowest BCUT2D eigenvalue weighted by Crippen LogP contribution is -2.15. The molecule has 1 aliphatic carbocycles. The molecule has 15 aromatic rings. The van der Waals surface area contributed by atoms with Gasteiger partial charge in [-0.2, -0.15) is 0 Å². The molecule has 0 fully saturated rings. The van der Waals surface area contributed by atoms with Gasteiger partial charge >= 0.3 is 0 Å². The third-order valence-electron chi connectivity index (χ3n) is 17.5. The summed E-state index contributed by atoms with van der Waals surface area (Å²) in [6, 6.07) is 105. The van der Waals surface area contributed by atoms with Crippen molar-refractivity contribution >= 4 is 102 Å². The highest BCUT2D eigenvalue weighted by molar-refractivity contribution is 7.26. The van der Waals surface area contributed by atoms with Gasteiger partial charge in [-0.15, -0.1) is 11.3 Å². The monoisotopic (exact) mass is 1040 g/mol. The van der Waals surface area contributed by atoms with E-state index in [4.69, 9.17) is 0 Å². The van der Waals surface area contributed by atoms with Crippen molar-refractivity contribution in [3.8, 4) is 33.4 Å². The minimum Gasteiger partial charge on any atom is -0.310 e. The van der Waals surface area contributed by atoms with Crippen LogP contribution in [0.15, 0.2) is 279 Å². The Balaban J connectivity index is 0.892. The third-order valence-corrected chi connectivity index (χ3v) is 18.6. The van der Waals surface area contributed by atoms with Gasteiger partial charge < -0.3 is 4.90 Å². The molecule has 2 heteroatoms. The molecular formula is C78H53NS. The van der Waals surface area contributed by atoms with Gasteiger partial charge in [-0.1, -0.05) is 238 Å². The number of hydrogen-bond acceptors (Lipinski definition) is 2. The molecule has 0 spiro atoms. The summed E-state index contributed by atoms with van der Waals surface area (Å²) in [5.74, 6) is -0.102. The van der Waals surface area contributed by atoms with E-state index in [0.717, 1.165) is 17.1 Å². The van der Waals surface area contributed by atoms with Crippen LogP contribution in [-0.4, -0.2) is 0 Å². The van der Waals surface area contributed by atoms with Crippen LogP contribution >= 0.6 is 11.3 Å². The zero-order valence-corrected chi connectivity index (χ0v) is 45.3. The Morgan fingerprint density at radius 3 is 1.61 bits per heavy atom. The summed E-state index contributed by atoms with van der Waals surface area (Å²) in [5, 5.41) is 15.1. The van der Waals surface area contributed by atoms with E-state index < -0.39 is 0 Å². The SMILES string of the molecule is CC1(C)c2cc(-c3cc(C(c4ccc5ccccc5c4)c4cccc5ccccc45)cc(N(c4ccc5ccccc5c4)c4cccc5ccccc45)c3)ccc2-c2ccc(-c3ccc4c(c3)sc3ccc5ccccc5c34)cc21. The molecule has 80 heavy (non-hydrogen) atoms. The molecular weight excluding hydrogens is 983 g/mol. The first-order chi connectivity index (χ1) is 39.4. The third kappa shape index (κ3) is 7.51. The fraction of sp³-hybridized carbons (Fsp3) is 0.0513. The summed E-state index contributed by atoms with van der Waals surface area (Å²) < 4.78 is 2.66. The smallest absolute Gasteiger partial charge is 0.0540 e. The highest BCUT2D eigenvalue weighted by Crippen LogP contribution is 2.52. The Hall–Kier alpha value is -9.60. The summed E-state index contributed by atoms with van der Waals surface area (Å²) in [6.45, 7) is 4.84. The Labute approximate surface area is 469 Å². The fourth-order valence-corrected chi connectivity index (χ4v) is 14.7. The molecule has 1 aliphatic rings. The van der Waals surface area contributed by atoms with Crippen molar-refractivity contribution in [2.75, 3.05) is 4.90 Å². The molecule has 14 aromatic carbocycles. The molecule has 0 N–H and O–H groups in total. The van der Waals surface area contributed by atoms with Gasteiger partial charge in [0.15, 0.2) is 0 Å². The second-order valence-electron chi connectivity index (χ2n) is 22.4. The maximum Gasteiger partial charge on any atom is 0.0540 e. The van der Waals surface area contributed by atoms with Gasteiger partial charge in [0, 0.05) is 48.3 Å². The highest BCUT2D eigenvalue weighted by Gasteiger charge is 2.36. The molecule has 1 atom stereocenters. The van der Waals surface area contributed by atoms with Crippen LogP contribution in [0.2, 0.25) is 0 Å². The molecule has 1 heterocycles. The largest absolute Gasteiger partial charge is 0.310 e. The average molecular weight is 1040 g/mol. The van der Waals surface area contributed by atoms with Crippen molar-refractivity contribution < 1.29 is 0 Å². The molecule has 0 amide bonds. The van der Waals surface area contributed by atoms with Crippen LogP contribution in [0.1, 0.15) is 47.6 Å². The minimum absolute atomic E-state index is 0.102. The Morgan fingerprint density at radius 1 is 0.325 bits per heavy atom. The van der Waals surface area contributed by atoms with E-state index in [1.807, 2.05) is 11.3 Å². The van der Waals surface area contributed by atoms with Gasteiger partial charge in [0.25, 0.3) is 0 Å². The maximum absolute atomic E-state index is 2.51. The van der Waals surface area contributed by atoms with Crippen molar-refractivity contribution in [1.82, 2.24) is 0 Å². The van der Waals surface area contributed by atoms with Gasteiger partial charge in [0.2, 0.25) is 0 Å². The summed E-state index contributed by atoms with van der Waals surface area (Å²) in [6.07, 6.45) is 0. The molecule has 16 rings (SSSR count). The maximum atomic E-state index is 2.51. The standard InChI is InChI=1S/C78H53NS/c1-78(2)71-46-56(58-34-39-70-75(48-58)80-74-40-35-53-19-9-12-26-66(53)77(70)74)32-37-67(71)68-38-33-57(47-72(68)78)60-42-61(76(59-30-29-49-15-3-5-20-54(49)41-59)69-27-13-22-51-17-7-10-24-64(51)69)45-63(44-60)79(62-36-31-50-16-4-6-21-55(50)43-62)73-28-14-23-52-18-8-11-25-65(52)73/h3-48,76H,1-2H3. The van der Waals surface area contributed by atoms with Crippen LogP contribution in [0.4, 0.5) is 17.1 Å². The topological polar surface area (TPSA) is 3.24 Å². The summed E-state index contributed by atoms with van der Waals surface area (Å²) in [7, 11) is 0. The predicted octanol–water partition coefficient (Wildman–Crippen LogP) is 22.1. The predicted molar refractivity (Wildman–Crippen MR) is 344 cm³/mol. The normalized spacial score (nSPS) is 13.2. The molecule has 1 aromatic heterocycles. The fourth-order valence-electron chi connectivity index (χ4n) is 13.5. The van der Waals surface area contributed by atoms with Crippen molar-refractivity contribution in [3.63, 3.8) is 0 Å². The van der Waals surface area contributed by atoms with Crippen molar-refractivity contribution in [2.24, 2.45) is 0 Å². The van der Waals surface area contributed by atoms with Crippen molar-refractivity contribution in [1.29, 1.82) is 0 Å². The van der Waals surface area contributed by atoms with E-state index in [9.17, 15) is 0 Å². The Bertz CT molecular complexity index is 4830. The molecule has 0 radical (unpaired) electrons. The van der Waals surface area contributed by atoms with Crippen molar-refractivity contribution in [2.45, 2.75) is 25.2 Å². The zero-order valence-electron chi connectivity index (χ0n) is 44.5. The van der Waals surface area contributed by atoms with Crippen LogP contribution in [0, 0.1) is 0 Å². The van der Waals surface area contributed by atoms with E-state index in [-0.39, 0.29) is 11.3 Å². The molecule has 0 saturated carbocycles. The number of thiophene rings is 1. The van der Waals surface area contributed by atoms with Gasteiger partial charge in [0.05, 0.1) is 5.69 Å². The van der Waals surface area contributed by atoms with Gasteiger partial charge in [-0.25, -0.2) is 0 Å². The quantitative estimate of drug-likeness (QED) is 0.137. The molecule has 1 nitrogen and oxygen atoms in total. The Morgan fingerprint density at radius 2 is 0.875 bits per heavy atom. The number of benzene rings is 14. The first-order valence-corrected chi connectivity index (χ1v) is 28.7. The highest BCUT2D eigenvalue weighted by atomic mass is 32.1. The first kappa shape index (κ1) is 46.5. The van der Waals surface area contributed by atoms with Crippen LogP contribution in [0.3, 0.4) is 0 Å². The van der Waals surface area contributed by atoms with E-state index >= 15 is 0 Å². The van der Waals surface area contributed by atoms with E-state index in [1.165, 1.54) is 135 Å². The van der Waals surface area contributed by atoms with Gasteiger partial charge in [-0.3, -0.25) is 0 Å². The van der Waals surface area contributed by atoms with E-state index in [0.29, 0.717) is 0 Å². The molecule has 0 bridgehead atoms. The van der Waals surface area contributed by atoms with Gasteiger partial charge in [0.1, 0.15) is 0 Å². The van der Waals surface area contributed by atoms with E-state index in [1.54, 1.807) is 0 Å². The average Bonchev–Trinajstić information content (AvgIpc) is 4.06. The zero-order chi connectivity index (χ0) is 53.1. The molecule has 1 unspecified atom stereocenters. The lowest BCUT2D eigenvalue weighted by Gasteiger charge is -2.30.